The van der Waals surface area contributed by atoms with Gasteiger partial charge in [-0.25, -0.2) is 0 Å². The fraction of sp³-hybridized carbons (Fsp3) is 0.238. The fourth-order valence-corrected chi connectivity index (χ4v) is 3.86. The maximum Gasteiger partial charge on any atom is 0.268 e. The minimum Gasteiger partial charge on any atom is -0.399 e. The molecular weight excluding hydrogens is 324 g/mol. The topological polar surface area (TPSA) is 94.7 Å². The van der Waals surface area contributed by atoms with Crippen LogP contribution >= 0.6 is 0 Å². The molecule has 0 bridgehead atoms. The smallest absolute Gasteiger partial charge is 0.268 e. The van der Waals surface area contributed by atoms with Crippen molar-refractivity contribution in [1.82, 2.24) is 10.3 Å². The molecule has 1 unspecified atom stereocenters. The number of nitriles is 1. The Morgan fingerprint density at radius 2 is 2.08 bits per heavy atom. The second kappa shape index (κ2) is 5.63. The summed E-state index contributed by atoms with van der Waals surface area (Å²) in [4.78, 5) is 16.0. The molecule has 130 valence electrons. The molecule has 3 aromatic rings. The van der Waals surface area contributed by atoms with Gasteiger partial charge in [-0.1, -0.05) is 19.9 Å². The average molecular weight is 344 g/mol. The molecule has 4 rings (SSSR count). The van der Waals surface area contributed by atoms with E-state index in [2.05, 4.69) is 30.2 Å². The molecule has 5 heteroatoms. The van der Waals surface area contributed by atoms with Crippen LogP contribution in [0.25, 0.3) is 10.9 Å². The highest BCUT2D eigenvalue weighted by molar-refractivity contribution is 5.98. The van der Waals surface area contributed by atoms with Crippen LogP contribution in [0.15, 0.2) is 42.5 Å². The third-order valence-corrected chi connectivity index (χ3v) is 5.18. The molecule has 4 N–H and O–H groups in total. The first-order valence-electron chi connectivity index (χ1n) is 8.59. The zero-order valence-corrected chi connectivity index (χ0v) is 14.8. The minimum absolute atomic E-state index is 0.123. The Bertz CT molecular complexity index is 1070. The third-order valence-electron chi connectivity index (χ3n) is 5.18. The number of H-pyrrole nitrogens is 1. The van der Waals surface area contributed by atoms with Gasteiger partial charge >= 0.3 is 0 Å². The van der Waals surface area contributed by atoms with Crippen molar-refractivity contribution in [3.8, 4) is 6.07 Å². The molecular formula is C21H20N4O. The molecule has 1 aromatic heterocycles. The number of hydrogen-bond donors (Lipinski definition) is 3. The SMILES string of the molecule is CC1(C)Cc2ccc(C#N)cc2C1NC(=O)c1cc2cc(N)ccc2[nH]1. The van der Waals surface area contributed by atoms with E-state index >= 15 is 0 Å². The largest absolute Gasteiger partial charge is 0.399 e. The molecule has 1 atom stereocenters. The fourth-order valence-electron chi connectivity index (χ4n) is 3.86. The van der Waals surface area contributed by atoms with Crippen LogP contribution < -0.4 is 11.1 Å². The molecule has 2 aromatic carbocycles. The molecule has 0 saturated carbocycles. The Morgan fingerprint density at radius 1 is 1.27 bits per heavy atom. The zero-order valence-electron chi connectivity index (χ0n) is 14.8. The van der Waals surface area contributed by atoms with Crippen LogP contribution in [0, 0.1) is 16.7 Å². The van der Waals surface area contributed by atoms with Crippen LogP contribution in [0.5, 0.6) is 0 Å². The lowest BCUT2D eigenvalue weighted by Gasteiger charge is -2.28. The summed E-state index contributed by atoms with van der Waals surface area (Å²) >= 11 is 0. The molecule has 26 heavy (non-hydrogen) atoms. The van der Waals surface area contributed by atoms with Crippen molar-refractivity contribution in [1.29, 1.82) is 5.26 Å². The van der Waals surface area contributed by atoms with Crippen LogP contribution in [0.2, 0.25) is 0 Å². The van der Waals surface area contributed by atoms with Gasteiger partial charge in [-0.05, 0) is 59.4 Å². The minimum atomic E-state index is -0.159. The number of nitrogens with zero attached hydrogens (tertiary/aromatic N) is 1. The first-order valence-corrected chi connectivity index (χ1v) is 8.59. The number of carbonyl (C=O) groups excluding carboxylic acids is 1. The first kappa shape index (κ1) is 16.2. The van der Waals surface area contributed by atoms with Crippen molar-refractivity contribution in [3.63, 3.8) is 0 Å². The standard InChI is InChI=1S/C21H20N4O/c1-21(2)10-13-4-3-12(11-22)7-16(13)19(21)25-20(26)18-9-14-8-15(23)5-6-17(14)24-18/h3-9,19,24H,10,23H2,1-2H3,(H,25,26). The Hall–Kier alpha value is -3.26. The molecule has 0 radical (unpaired) electrons. The second-order valence-electron chi connectivity index (χ2n) is 7.63. The van der Waals surface area contributed by atoms with E-state index in [4.69, 9.17) is 5.73 Å². The number of hydrogen-bond acceptors (Lipinski definition) is 3. The van der Waals surface area contributed by atoms with Crippen molar-refractivity contribution < 1.29 is 4.79 Å². The van der Waals surface area contributed by atoms with E-state index in [9.17, 15) is 10.1 Å². The predicted molar refractivity (Wildman–Crippen MR) is 102 cm³/mol. The zero-order chi connectivity index (χ0) is 18.5. The number of aromatic amines is 1. The van der Waals surface area contributed by atoms with Crippen molar-refractivity contribution in [2.45, 2.75) is 26.3 Å². The van der Waals surface area contributed by atoms with Crippen LogP contribution in [0.3, 0.4) is 0 Å². The number of nitrogen functional groups attached to an aromatic ring is 1. The lowest BCUT2D eigenvalue weighted by Crippen LogP contribution is -2.35. The van der Waals surface area contributed by atoms with E-state index in [1.54, 1.807) is 6.07 Å². The quantitative estimate of drug-likeness (QED) is 0.619. The van der Waals surface area contributed by atoms with E-state index < -0.39 is 0 Å². The van der Waals surface area contributed by atoms with Crippen LogP contribution in [0.4, 0.5) is 5.69 Å². The van der Waals surface area contributed by atoms with Gasteiger partial charge in [-0.2, -0.15) is 5.26 Å². The lowest BCUT2D eigenvalue weighted by atomic mass is 9.85. The highest BCUT2D eigenvalue weighted by Gasteiger charge is 2.40. The van der Waals surface area contributed by atoms with E-state index in [1.807, 2.05) is 36.4 Å². The van der Waals surface area contributed by atoms with Crippen LogP contribution in [-0.4, -0.2) is 10.9 Å². The van der Waals surface area contributed by atoms with Gasteiger partial charge in [0.25, 0.3) is 5.91 Å². The molecule has 1 aliphatic rings. The van der Waals surface area contributed by atoms with E-state index in [-0.39, 0.29) is 17.4 Å². The highest BCUT2D eigenvalue weighted by atomic mass is 16.2. The number of nitrogens with one attached hydrogen (secondary N) is 2. The van der Waals surface area contributed by atoms with Crippen LogP contribution in [0.1, 0.15) is 47.1 Å². The number of carbonyl (C=O) groups is 1. The van der Waals surface area contributed by atoms with Crippen molar-refractivity contribution >= 4 is 22.5 Å². The van der Waals surface area contributed by atoms with Gasteiger partial charge in [0, 0.05) is 16.6 Å². The van der Waals surface area contributed by atoms with Gasteiger partial charge in [0.2, 0.25) is 0 Å². The molecule has 5 nitrogen and oxygen atoms in total. The first-order chi connectivity index (χ1) is 12.4. The number of amides is 1. The summed E-state index contributed by atoms with van der Waals surface area (Å²) in [6, 6.07) is 15.1. The molecule has 1 aliphatic carbocycles. The summed E-state index contributed by atoms with van der Waals surface area (Å²) in [6.45, 7) is 4.27. The molecule has 0 aliphatic heterocycles. The predicted octanol–water partition coefficient (Wildman–Crippen LogP) is 3.68. The molecule has 0 spiro atoms. The van der Waals surface area contributed by atoms with E-state index in [1.165, 1.54) is 5.56 Å². The van der Waals surface area contributed by atoms with Gasteiger partial charge < -0.3 is 16.0 Å². The highest BCUT2D eigenvalue weighted by Crippen LogP contribution is 2.45. The van der Waals surface area contributed by atoms with Gasteiger partial charge in [0.1, 0.15) is 5.69 Å². The number of rotatable bonds is 2. The van der Waals surface area contributed by atoms with Gasteiger partial charge in [0.05, 0.1) is 17.7 Å². The van der Waals surface area contributed by atoms with Crippen molar-refractivity contribution in [2.75, 3.05) is 5.73 Å². The van der Waals surface area contributed by atoms with Crippen molar-refractivity contribution in [3.05, 3.63) is 64.8 Å². The third kappa shape index (κ3) is 2.60. The van der Waals surface area contributed by atoms with Gasteiger partial charge in [-0.15, -0.1) is 0 Å². The summed E-state index contributed by atoms with van der Waals surface area (Å²) in [5.41, 5.74) is 10.6. The summed E-state index contributed by atoms with van der Waals surface area (Å²) in [5, 5.41) is 13.3. The molecule has 0 fully saturated rings. The van der Waals surface area contributed by atoms with Crippen LogP contribution in [-0.2, 0) is 6.42 Å². The second-order valence-corrected chi connectivity index (χ2v) is 7.63. The molecule has 1 amide bonds. The lowest BCUT2D eigenvalue weighted by molar-refractivity contribution is 0.0899. The number of nitrogens with two attached hydrogens (primary N) is 1. The number of benzene rings is 2. The Kier molecular flexibility index (Phi) is 3.52. The Morgan fingerprint density at radius 3 is 2.85 bits per heavy atom. The Balaban J connectivity index is 1.67. The summed E-state index contributed by atoms with van der Waals surface area (Å²) in [5.74, 6) is -0.159. The normalized spacial score (nSPS) is 17.7. The van der Waals surface area contributed by atoms with Crippen molar-refractivity contribution in [2.24, 2.45) is 5.41 Å². The monoisotopic (exact) mass is 344 g/mol. The summed E-state index contributed by atoms with van der Waals surface area (Å²) in [7, 11) is 0. The average Bonchev–Trinajstić information content (AvgIpc) is 3.12. The number of aromatic nitrogens is 1. The molecule has 0 saturated heterocycles. The van der Waals surface area contributed by atoms with E-state index in [0.29, 0.717) is 16.9 Å². The maximum atomic E-state index is 12.9. The molecule has 1 heterocycles. The van der Waals surface area contributed by atoms with E-state index in [0.717, 1.165) is 22.9 Å². The summed E-state index contributed by atoms with van der Waals surface area (Å²) in [6.07, 6.45) is 0.863. The Labute approximate surface area is 151 Å². The summed E-state index contributed by atoms with van der Waals surface area (Å²) < 4.78 is 0. The number of anilines is 1. The maximum absolute atomic E-state index is 12.9. The van der Waals surface area contributed by atoms with Gasteiger partial charge in [0.15, 0.2) is 0 Å². The number of fused-ring (bicyclic) bond motifs is 2. The van der Waals surface area contributed by atoms with Gasteiger partial charge in [-0.3, -0.25) is 4.79 Å².